The summed E-state index contributed by atoms with van der Waals surface area (Å²) < 4.78 is 6.53. The number of rotatable bonds is 4. The minimum Gasteiger partial charge on any atom is -0.456 e. The fourth-order valence-electron chi connectivity index (χ4n) is 7.06. The van der Waals surface area contributed by atoms with E-state index in [9.17, 15) is 0 Å². The molecule has 49 heavy (non-hydrogen) atoms. The van der Waals surface area contributed by atoms with Gasteiger partial charge in [-0.1, -0.05) is 133 Å². The smallest absolute Gasteiger partial charge is 0.164 e. The molecule has 0 unspecified atom stereocenters. The molecule has 0 atom stereocenters. The van der Waals surface area contributed by atoms with Gasteiger partial charge in [-0.2, -0.15) is 0 Å². The molecule has 0 saturated heterocycles. The summed E-state index contributed by atoms with van der Waals surface area (Å²) in [5.74, 6) is 1.86. The molecule has 4 heteroatoms. The Hall–Kier alpha value is -6.65. The van der Waals surface area contributed by atoms with Crippen molar-refractivity contribution in [1.82, 2.24) is 15.0 Å². The van der Waals surface area contributed by atoms with Crippen molar-refractivity contribution in [2.24, 2.45) is 0 Å². The molecule has 10 rings (SSSR count). The van der Waals surface area contributed by atoms with Crippen LogP contribution in [0.3, 0.4) is 0 Å². The third-order valence-corrected chi connectivity index (χ3v) is 9.49. The standard InChI is InChI=1S/C45H27N3O/c1-3-12-31-25-33(21-19-28(31)9-1)34-23-24-38-41(27-34)49-40-18-8-17-39(42(38)40)45-47-43(35-22-20-29-10-2-4-13-32(29)26-35)46-44(48-45)37-16-7-14-30-11-5-6-15-36(30)37/h1-27H. The molecule has 0 amide bonds. The van der Waals surface area contributed by atoms with Gasteiger partial charge in [-0.3, -0.25) is 0 Å². The van der Waals surface area contributed by atoms with Gasteiger partial charge in [0.25, 0.3) is 0 Å². The second kappa shape index (κ2) is 11.0. The van der Waals surface area contributed by atoms with Gasteiger partial charge < -0.3 is 4.42 Å². The average Bonchev–Trinajstić information content (AvgIpc) is 3.55. The molecular weight excluding hydrogens is 599 g/mol. The van der Waals surface area contributed by atoms with E-state index in [-0.39, 0.29) is 0 Å². The number of hydrogen-bond acceptors (Lipinski definition) is 4. The second-order valence-electron chi connectivity index (χ2n) is 12.4. The lowest BCUT2D eigenvalue weighted by molar-refractivity contribution is 0.669. The molecule has 0 aliphatic heterocycles. The molecule has 0 bridgehead atoms. The number of benzene rings is 8. The predicted octanol–water partition coefficient (Wildman–Crippen LogP) is 11.9. The monoisotopic (exact) mass is 625 g/mol. The number of fused-ring (bicyclic) bond motifs is 6. The van der Waals surface area contributed by atoms with Gasteiger partial charge in [-0.15, -0.1) is 0 Å². The Morgan fingerprint density at radius 3 is 1.67 bits per heavy atom. The zero-order valence-electron chi connectivity index (χ0n) is 26.3. The number of aromatic nitrogens is 3. The van der Waals surface area contributed by atoms with Crippen molar-refractivity contribution in [1.29, 1.82) is 0 Å². The Balaban J connectivity index is 1.18. The summed E-state index contributed by atoms with van der Waals surface area (Å²) in [4.78, 5) is 15.4. The summed E-state index contributed by atoms with van der Waals surface area (Å²) in [7, 11) is 0. The summed E-state index contributed by atoms with van der Waals surface area (Å²) >= 11 is 0. The van der Waals surface area contributed by atoms with E-state index >= 15 is 0 Å². The molecule has 10 aromatic rings. The maximum absolute atomic E-state index is 6.53. The Bertz CT molecular complexity index is 2900. The third kappa shape index (κ3) is 4.65. The Morgan fingerprint density at radius 2 is 0.878 bits per heavy atom. The maximum atomic E-state index is 6.53. The molecule has 0 fully saturated rings. The van der Waals surface area contributed by atoms with Crippen LogP contribution >= 0.6 is 0 Å². The quantitative estimate of drug-likeness (QED) is 0.195. The van der Waals surface area contributed by atoms with Crippen LogP contribution in [-0.2, 0) is 0 Å². The van der Waals surface area contributed by atoms with Crippen molar-refractivity contribution < 1.29 is 4.42 Å². The predicted molar refractivity (Wildman–Crippen MR) is 201 cm³/mol. The first kappa shape index (κ1) is 27.5. The first-order valence-corrected chi connectivity index (χ1v) is 16.4. The van der Waals surface area contributed by atoms with Crippen molar-refractivity contribution in [3.8, 4) is 45.3 Å². The molecule has 228 valence electrons. The van der Waals surface area contributed by atoms with Crippen LogP contribution < -0.4 is 0 Å². The van der Waals surface area contributed by atoms with Crippen molar-refractivity contribution >= 4 is 54.3 Å². The lowest BCUT2D eigenvalue weighted by Gasteiger charge is -2.11. The van der Waals surface area contributed by atoms with Crippen molar-refractivity contribution in [2.45, 2.75) is 0 Å². The summed E-state index contributed by atoms with van der Waals surface area (Å²) in [6, 6.07) is 57.0. The van der Waals surface area contributed by atoms with E-state index in [0.29, 0.717) is 17.5 Å². The Morgan fingerprint density at radius 1 is 0.327 bits per heavy atom. The van der Waals surface area contributed by atoms with Crippen LogP contribution in [0.2, 0.25) is 0 Å². The highest BCUT2D eigenvalue weighted by Crippen LogP contribution is 2.39. The molecule has 0 saturated carbocycles. The first-order valence-electron chi connectivity index (χ1n) is 16.4. The minimum absolute atomic E-state index is 0.605. The molecule has 2 heterocycles. The minimum atomic E-state index is 0.605. The summed E-state index contributed by atoms with van der Waals surface area (Å²) in [6.45, 7) is 0. The third-order valence-electron chi connectivity index (χ3n) is 9.49. The van der Waals surface area contributed by atoms with Crippen LogP contribution in [-0.4, -0.2) is 15.0 Å². The van der Waals surface area contributed by atoms with E-state index in [0.717, 1.165) is 65.9 Å². The molecule has 8 aromatic carbocycles. The van der Waals surface area contributed by atoms with Crippen LogP contribution in [0.4, 0.5) is 0 Å². The summed E-state index contributed by atoms with van der Waals surface area (Å²) in [5.41, 5.74) is 6.69. The Kier molecular flexibility index (Phi) is 6.15. The molecule has 0 aliphatic rings. The van der Waals surface area contributed by atoms with Gasteiger partial charge >= 0.3 is 0 Å². The zero-order chi connectivity index (χ0) is 32.3. The van der Waals surface area contributed by atoms with Crippen molar-refractivity contribution in [3.63, 3.8) is 0 Å². The summed E-state index contributed by atoms with van der Waals surface area (Å²) in [5, 5.41) is 9.00. The molecular formula is C45H27N3O. The van der Waals surface area contributed by atoms with Gasteiger partial charge in [0, 0.05) is 27.5 Å². The molecule has 2 aromatic heterocycles. The second-order valence-corrected chi connectivity index (χ2v) is 12.4. The van der Waals surface area contributed by atoms with E-state index in [4.69, 9.17) is 19.4 Å². The van der Waals surface area contributed by atoms with Crippen molar-refractivity contribution in [2.75, 3.05) is 0 Å². The molecule has 0 spiro atoms. The van der Waals surface area contributed by atoms with E-state index < -0.39 is 0 Å². The lowest BCUT2D eigenvalue weighted by Crippen LogP contribution is -2.01. The van der Waals surface area contributed by atoms with Crippen molar-refractivity contribution in [3.05, 3.63) is 164 Å². The largest absolute Gasteiger partial charge is 0.456 e. The van der Waals surface area contributed by atoms with Gasteiger partial charge in [0.15, 0.2) is 17.5 Å². The molecule has 0 N–H and O–H groups in total. The fraction of sp³-hybridized carbons (Fsp3) is 0. The van der Waals surface area contributed by atoms with Crippen LogP contribution in [0.15, 0.2) is 168 Å². The fourth-order valence-corrected chi connectivity index (χ4v) is 7.06. The number of furan rings is 1. The van der Waals surface area contributed by atoms with E-state index in [2.05, 4.69) is 152 Å². The SMILES string of the molecule is c1ccc2cc(-c3ccc4c(c3)oc3cccc(-c5nc(-c6ccc7ccccc7c6)nc(-c6cccc7ccccc67)n5)c34)ccc2c1. The highest BCUT2D eigenvalue weighted by Gasteiger charge is 2.19. The molecule has 4 nitrogen and oxygen atoms in total. The lowest BCUT2D eigenvalue weighted by atomic mass is 9.99. The molecule has 0 aliphatic carbocycles. The number of nitrogens with zero attached hydrogens (tertiary/aromatic N) is 3. The van der Waals surface area contributed by atoms with Gasteiger partial charge in [0.1, 0.15) is 11.2 Å². The Labute approximate surface area is 282 Å². The summed E-state index contributed by atoms with van der Waals surface area (Å²) in [6.07, 6.45) is 0. The topological polar surface area (TPSA) is 51.8 Å². The van der Waals surface area contributed by atoms with Crippen LogP contribution in [0, 0.1) is 0 Å². The van der Waals surface area contributed by atoms with Crippen LogP contribution in [0.1, 0.15) is 0 Å². The highest BCUT2D eigenvalue weighted by atomic mass is 16.3. The number of hydrogen-bond donors (Lipinski definition) is 0. The zero-order valence-corrected chi connectivity index (χ0v) is 26.3. The van der Waals surface area contributed by atoms with Gasteiger partial charge in [-0.05, 0) is 73.8 Å². The van der Waals surface area contributed by atoms with E-state index in [1.165, 1.54) is 16.2 Å². The van der Waals surface area contributed by atoms with Crippen LogP contribution in [0.5, 0.6) is 0 Å². The van der Waals surface area contributed by atoms with Crippen LogP contribution in [0.25, 0.3) is 99.5 Å². The van der Waals surface area contributed by atoms with Gasteiger partial charge in [0.2, 0.25) is 0 Å². The highest BCUT2D eigenvalue weighted by molar-refractivity contribution is 6.12. The van der Waals surface area contributed by atoms with Gasteiger partial charge in [0.05, 0.1) is 0 Å². The maximum Gasteiger partial charge on any atom is 0.164 e. The van der Waals surface area contributed by atoms with E-state index in [1.54, 1.807) is 0 Å². The average molecular weight is 626 g/mol. The first-order chi connectivity index (χ1) is 24.2. The van der Waals surface area contributed by atoms with E-state index in [1.807, 2.05) is 12.1 Å². The normalized spacial score (nSPS) is 11.7. The van der Waals surface area contributed by atoms with Gasteiger partial charge in [-0.25, -0.2) is 15.0 Å². The molecule has 0 radical (unpaired) electrons.